The fourth-order valence-electron chi connectivity index (χ4n) is 3.01. The first-order chi connectivity index (χ1) is 14.1. The smallest absolute Gasteiger partial charge is 0.255 e. The minimum absolute atomic E-state index is 0. The molecule has 0 aromatic heterocycles. The number of amides is 3. The van der Waals surface area contributed by atoms with E-state index < -0.39 is 12.0 Å². The average Bonchev–Trinajstić information content (AvgIpc) is 3.28. The molecule has 1 aliphatic rings. The second-order valence-corrected chi connectivity index (χ2v) is 6.62. The molecule has 8 nitrogen and oxygen atoms in total. The fourth-order valence-corrected chi connectivity index (χ4v) is 3.01. The number of nitrogens with one attached hydrogen (secondary N) is 3. The first kappa shape index (κ1) is 23.3. The number of hydrogen-bond donors (Lipinski definition) is 4. The number of carbonyl (C=O) groups excluding carboxylic acids is 3. The number of nitrogens with two attached hydrogens (primary N) is 1. The molecule has 1 aliphatic heterocycles. The van der Waals surface area contributed by atoms with Crippen molar-refractivity contribution >= 4 is 41.5 Å². The van der Waals surface area contributed by atoms with Gasteiger partial charge in [-0.15, -0.1) is 12.4 Å². The molecule has 160 valence electrons. The van der Waals surface area contributed by atoms with Gasteiger partial charge in [-0.25, -0.2) is 0 Å². The SMILES string of the molecule is Cl.NCCNC(=O)c1ccccc1NC(=O)c1cccc(NC(=O)C2CCCO2)c1. The average molecular weight is 433 g/mol. The van der Waals surface area contributed by atoms with Crippen molar-refractivity contribution in [1.29, 1.82) is 0 Å². The Kier molecular flexibility index (Phi) is 8.79. The Balaban J connectivity index is 0.00000320. The number of hydrogen-bond acceptors (Lipinski definition) is 5. The Bertz CT molecular complexity index is 900. The lowest BCUT2D eigenvalue weighted by Gasteiger charge is -2.13. The normalized spacial score (nSPS) is 15.0. The molecule has 3 rings (SSSR count). The molecule has 2 aromatic rings. The number of rotatable bonds is 7. The van der Waals surface area contributed by atoms with E-state index in [1.807, 2.05) is 0 Å². The molecule has 0 radical (unpaired) electrons. The van der Waals surface area contributed by atoms with Crippen LogP contribution in [0.2, 0.25) is 0 Å². The van der Waals surface area contributed by atoms with Gasteiger partial charge in [0.1, 0.15) is 6.10 Å². The van der Waals surface area contributed by atoms with Crippen LogP contribution in [0.3, 0.4) is 0 Å². The summed E-state index contributed by atoms with van der Waals surface area (Å²) in [6.07, 6.45) is 1.10. The highest BCUT2D eigenvalue weighted by Crippen LogP contribution is 2.19. The third kappa shape index (κ3) is 6.03. The highest BCUT2D eigenvalue weighted by atomic mass is 35.5. The Morgan fingerprint density at radius 1 is 1.03 bits per heavy atom. The van der Waals surface area contributed by atoms with E-state index in [0.29, 0.717) is 48.6 Å². The van der Waals surface area contributed by atoms with Crippen LogP contribution in [0.15, 0.2) is 48.5 Å². The van der Waals surface area contributed by atoms with E-state index in [1.165, 1.54) is 0 Å². The van der Waals surface area contributed by atoms with Crippen molar-refractivity contribution in [2.45, 2.75) is 18.9 Å². The highest BCUT2D eigenvalue weighted by molar-refractivity contribution is 6.09. The van der Waals surface area contributed by atoms with Crippen LogP contribution in [0, 0.1) is 0 Å². The monoisotopic (exact) mass is 432 g/mol. The molecule has 1 atom stereocenters. The number of halogens is 1. The highest BCUT2D eigenvalue weighted by Gasteiger charge is 2.23. The zero-order valence-corrected chi connectivity index (χ0v) is 17.2. The van der Waals surface area contributed by atoms with Crippen molar-refractivity contribution in [1.82, 2.24) is 5.32 Å². The second-order valence-electron chi connectivity index (χ2n) is 6.62. The lowest BCUT2D eigenvalue weighted by molar-refractivity contribution is -0.124. The third-order valence-electron chi connectivity index (χ3n) is 4.46. The molecule has 1 heterocycles. The molecule has 30 heavy (non-hydrogen) atoms. The van der Waals surface area contributed by atoms with Crippen molar-refractivity contribution in [2.24, 2.45) is 5.73 Å². The number of ether oxygens (including phenoxy) is 1. The molecule has 1 saturated heterocycles. The Labute approximate surface area is 181 Å². The van der Waals surface area contributed by atoms with E-state index in [0.717, 1.165) is 6.42 Å². The van der Waals surface area contributed by atoms with Crippen molar-refractivity contribution < 1.29 is 19.1 Å². The van der Waals surface area contributed by atoms with Crippen LogP contribution in [0.25, 0.3) is 0 Å². The van der Waals surface area contributed by atoms with E-state index in [1.54, 1.807) is 48.5 Å². The molecular weight excluding hydrogens is 408 g/mol. The van der Waals surface area contributed by atoms with Gasteiger partial charge in [-0.3, -0.25) is 14.4 Å². The zero-order valence-electron chi connectivity index (χ0n) is 16.4. The largest absolute Gasteiger partial charge is 0.368 e. The van der Waals surface area contributed by atoms with E-state index in [4.69, 9.17) is 10.5 Å². The van der Waals surface area contributed by atoms with Gasteiger partial charge in [-0.1, -0.05) is 18.2 Å². The van der Waals surface area contributed by atoms with E-state index in [2.05, 4.69) is 16.0 Å². The summed E-state index contributed by atoms with van der Waals surface area (Å²) in [5.74, 6) is -0.928. The van der Waals surface area contributed by atoms with Gasteiger partial charge in [0.15, 0.2) is 0 Å². The van der Waals surface area contributed by atoms with Gasteiger partial charge in [-0.05, 0) is 43.2 Å². The quantitative estimate of drug-likeness (QED) is 0.534. The fraction of sp³-hybridized carbons (Fsp3) is 0.286. The number of anilines is 2. The Morgan fingerprint density at radius 2 is 1.83 bits per heavy atom. The lowest BCUT2D eigenvalue weighted by Crippen LogP contribution is -2.30. The summed E-state index contributed by atoms with van der Waals surface area (Å²) in [5.41, 5.74) is 7.01. The standard InChI is InChI=1S/C21H24N4O4.ClH/c22-10-11-23-20(27)16-7-1-2-8-17(16)25-19(26)14-5-3-6-15(13-14)24-21(28)18-9-4-12-29-18;/h1-3,5-8,13,18H,4,9-12,22H2,(H,23,27)(H,24,28)(H,25,26);1H. The minimum Gasteiger partial charge on any atom is -0.368 e. The number of benzene rings is 2. The van der Waals surface area contributed by atoms with Crippen molar-refractivity contribution in [3.8, 4) is 0 Å². The maximum Gasteiger partial charge on any atom is 0.255 e. The van der Waals surface area contributed by atoms with Gasteiger partial charge in [0.05, 0.1) is 11.3 Å². The van der Waals surface area contributed by atoms with Crippen LogP contribution in [-0.2, 0) is 9.53 Å². The molecule has 0 aliphatic carbocycles. The summed E-state index contributed by atoms with van der Waals surface area (Å²) in [6, 6.07) is 13.3. The van der Waals surface area contributed by atoms with Gasteiger partial charge >= 0.3 is 0 Å². The van der Waals surface area contributed by atoms with Gasteiger partial charge in [0, 0.05) is 30.9 Å². The molecule has 2 aromatic carbocycles. The van der Waals surface area contributed by atoms with Crippen LogP contribution in [0.1, 0.15) is 33.6 Å². The predicted octanol–water partition coefficient (Wildman–Crippen LogP) is 2.17. The second kappa shape index (κ2) is 11.3. The van der Waals surface area contributed by atoms with Gasteiger partial charge in [-0.2, -0.15) is 0 Å². The first-order valence-electron chi connectivity index (χ1n) is 9.49. The molecule has 9 heteroatoms. The van der Waals surface area contributed by atoms with Gasteiger partial charge in [0.2, 0.25) is 0 Å². The van der Waals surface area contributed by atoms with Crippen LogP contribution in [0.5, 0.6) is 0 Å². The molecule has 5 N–H and O–H groups in total. The van der Waals surface area contributed by atoms with Gasteiger partial charge in [0.25, 0.3) is 17.7 Å². The van der Waals surface area contributed by atoms with Crippen molar-refractivity contribution in [2.75, 3.05) is 30.3 Å². The van der Waals surface area contributed by atoms with Crippen LogP contribution in [-0.4, -0.2) is 43.5 Å². The minimum atomic E-state index is -0.452. The maximum absolute atomic E-state index is 12.7. The molecule has 1 fully saturated rings. The summed E-state index contributed by atoms with van der Waals surface area (Å²) in [7, 11) is 0. The first-order valence-corrected chi connectivity index (χ1v) is 9.49. The summed E-state index contributed by atoms with van der Waals surface area (Å²) in [4.78, 5) is 37.2. The molecule has 0 spiro atoms. The summed E-state index contributed by atoms with van der Waals surface area (Å²) < 4.78 is 5.37. The number of para-hydroxylation sites is 1. The number of carbonyl (C=O) groups is 3. The van der Waals surface area contributed by atoms with Crippen LogP contribution < -0.4 is 21.7 Å². The van der Waals surface area contributed by atoms with Crippen molar-refractivity contribution in [3.63, 3.8) is 0 Å². The van der Waals surface area contributed by atoms with Crippen LogP contribution >= 0.6 is 12.4 Å². The van der Waals surface area contributed by atoms with E-state index in [-0.39, 0.29) is 24.2 Å². The molecule has 0 saturated carbocycles. The maximum atomic E-state index is 12.7. The molecular formula is C21H25ClN4O4. The zero-order chi connectivity index (χ0) is 20.6. The molecule has 0 bridgehead atoms. The Hall–Kier alpha value is -2.94. The summed E-state index contributed by atoms with van der Waals surface area (Å²) in [5, 5.41) is 8.21. The van der Waals surface area contributed by atoms with E-state index >= 15 is 0 Å². The summed E-state index contributed by atoms with van der Waals surface area (Å²) >= 11 is 0. The van der Waals surface area contributed by atoms with Crippen LogP contribution in [0.4, 0.5) is 11.4 Å². The molecule has 1 unspecified atom stereocenters. The third-order valence-corrected chi connectivity index (χ3v) is 4.46. The van der Waals surface area contributed by atoms with Gasteiger partial charge < -0.3 is 26.4 Å². The predicted molar refractivity (Wildman–Crippen MR) is 117 cm³/mol. The molecule has 3 amide bonds. The summed E-state index contributed by atoms with van der Waals surface area (Å²) in [6.45, 7) is 1.25. The lowest BCUT2D eigenvalue weighted by atomic mass is 10.1. The van der Waals surface area contributed by atoms with E-state index in [9.17, 15) is 14.4 Å². The Morgan fingerprint density at radius 3 is 2.57 bits per heavy atom. The topological polar surface area (TPSA) is 123 Å². The van der Waals surface area contributed by atoms with Crippen molar-refractivity contribution in [3.05, 3.63) is 59.7 Å².